The zero-order valence-electron chi connectivity index (χ0n) is 19.3. The van der Waals surface area contributed by atoms with E-state index in [9.17, 15) is 13.6 Å². The lowest BCUT2D eigenvalue weighted by atomic mass is 9.88. The Balaban J connectivity index is 1.55. The predicted molar refractivity (Wildman–Crippen MR) is 126 cm³/mol. The SMILES string of the molecule is COc1cc2c(cc1OC)C(Cc1ccccc1)N(CC(=O)NCc1cc(F)ccc1F)CC2. The van der Waals surface area contributed by atoms with Crippen LogP contribution in [-0.2, 0) is 24.2 Å². The van der Waals surface area contributed by atoms with Gasteiger partial charge >= 0.3 is 0 Å². The average molecular weight is 467 g/mol. The highest BCUT2D eigenvalue weighted by atomic mass is 19.1. The summed E-state index contributed by atoms with van der Waals surface area (Å²) < 4.78 is 38.4. The molecule has 7 heteroatoms. The molecule has 5 nitrogen and oxygen atoms in total. The van der Waals surface area contributed by atoms with E-state index < -0.39 is 11.6 Å². The molecule has 1 atom stereocenters. The van der Waals surface area contributed by atoms with Gasteiger partial charge in [0.15, 0.2) is 11.5 Å². The van der Waals surface area contributed by atoms with E-state index in [4.69, 9.17) is 9.47 Å². The van der Waals surface area contributed by atoms with Gasteiger partial charge in [0.2, 0.25) is 5.91 Å². The molecule has 0 saturated heterocycles. The average Bonchev–Trinajstić information content (AvgIpc) is 2.85. The van der Waals surface area contributed by atoms with Gasteiger partial charge < -0.3 is 14.8 Å². The summed E-state index contributed by atoms with van der Waals surface area (Å²) in [5, 5.41) is 2.73. The Morgan fingerprint density at radius 2 is 1.76 bits per heavy atom. The molecule has 0 spiro atoms. The summed E-state index contributed by atoms with van der Waals surface area (Å²) in [7, 11) is 3.22. The summed E-state index contributed by atoms with van der Waals surface area (Å²) in [5.74, 6) is 0.00282. The standard InChI is InChI=1S/C27H28F2N2O3/c1-33-25-14-19-10-11-31(17-27(32)30-16-20-13-21(28)8-9-23(20)29)24(22(19)15-26(25)34-2)12-18-6-4-3-5-7-18/h3-9,13-15,24H,10-12,16-17H2,1-2H3,(H,30,32). The van der Waals surface area contributed by atoms with Crippen LogP contribution in [0.3, 0.4) is 0 Å². The molecular weight excluding hydrogens is 438 g/mol. The fraction of sp³-hybridized carbons (Fsp3) is 0.296. The normalized spacial score (nSPS) is 15.5. The summed E-state index contributed by atoms with van der Waals surface area (Å²) >= 11 is 0. The minimum Gasteiger partial charge on any atom is -0.493 e. The van der Waals surface area contributed by atoms with Crippen LogP contribution in [0.25, 0.3) is 0 Å². The molecule has 34 heavy (non-hydrogen) atoms. The smallest absolute Gasteiger partial charge is 0.234 e. The zero-order valence-corrected chi connectivity index (χ0v) is 19.3. The monoisotopic (exact) mass is 466 g/mol. The molecule has 1 aliphatic rings. The van der Waals surface area contributed by atoms with Gasteiger partial charge in [0.1, 0.15) is 11.6 Å². The number of amides is 1. The lowest BCUT2D eigenvalue weighted by Crippen LogP contribution is -2.43. The van der Waals surface area contributed by atoms with E-state index in [1.54, 1.807) is 14.2 Å². The number of fused-ring (bicyclic) bond motifs is 1. The van der Waals surface area contributed by atoms with Crippen molar-refractivity contribution in [1.82, 2.24) is 10.2 Å². The molecule has 1 N–H and O–H groups in total. The molecule has 1 heterocycles. The van der Waals surface area contributed by atoms with Gasteiger partial charge in [-0.15, -0.1) is 0 Å². The first-order valence-electron chi connectivity index (χ1n) is 11.2. The fourth-order valence-electron chi connectivity index (χ4n) is 4.46. The molecular formula is C27H28F2N2O3. The van der Waals surface area contributed by atoms with Crippen molar-refractivity contribution < 1.29 is 23.0 Å². The van der Waals surface area contributed by atoms with Gasteiger partial charge in [-0.3, -0.25) is 9.69 Å². The Bertz CT molecular complexity index is 1150. The van der Waals surface area contributed by atoms with Crippen molar-refractivity contribution in [3.63, 3.8) is 0 Å². The Morgan fingerprint density at radius 3 is 2.50 bits per heavy atom. The summed E-state index contributed by atoms with van der Waals surface area (Å²) in [6, 6.07) is 17.3. The number of carbonyl (C=O) groups is 1. The highest BCUT2D eigenvalue weighted by Gasteiger charge is 2.30. The van der Waals surface area contributed by atoms with E-state index in [0.29, 0.717) is 18.0 Å². The van der Waals surface area contributed by atoms with Crippen LogP contribution in [0.4, 0.5) is 8.78 Å². The maximum Gasteiger partial charge on any atom is 0.234 e. The first-order chi connectivity index (χ1) is 16.5. The number of rotatable bonds is 8. The molecule has 0 bridgehead atoms. The second-order valence-corrected chi connectivity index (χ2v) is 8.34. The van der Waals surface area contributed by atoms with Crippen molar-refractivity contribution in [1.29, 1.82) is 0 Å². The van der Waals surface area contributed by atoms with Crippen LogP contribution >= 0.6 is 0 Å². The number of nitrogens with one attached hydrogen (secondary N) is 1. The number of nitrogens with zero attached hydrogens (tertiary/aromatic N) is 1. The van der Waals surface area contributed by atoms with E-state index in [1.165, 1.54) is 0 Å². The number of hydrogen-bond donors (Lipinski definition) is 1. The van der Waals surface area contributed by atoms with E-state index in [0.717, 1.165) is 47.7 Å². The molecule has 0 aromatic heterocycles. The number of hydrogen-bond acceptors (Lipinski definition) is 4. The molecule has 0 aliphatic carbocycles. The predicted octanol–water partition coefficient (Wildman–Crippen LogP) is 4.44. The van der Waals surface area contributed by atoms with Gasteiger partial charge in [0.25, 0.3) is 0 Å². The number of methoxy groups -OCH3 is 2. The van der Waals surface area contributed by atoms with Crippen molar-refractivity contribution >= 4 is 5.91 Å². The maximum absolute atomic E-state index is 13.9. The lowest BCUT2D eigenvalue weighted by Gasteiger charge is -2.37. The van der Waals surface area contributed by atoms with Crippen LogP contribution in [0.1, 0.15) is 28.3 Å². The van der Waals surface area contributed by atoms with Gasteiger partial charge in [-0.25, -0.2) is 8.78 Å². The van der Waals surface area contributed by atoms with Crippen molar-refractivity contribution in [3.05, 3.63) is 94.6 Å². The van der Waals surface area contributed by atoms with Crippen LogP contribution in [0.5, 0.6) is 11.5 Å². The number of benzene rings is 3. The maximum atomic E-state index is 13.9. The van der Waals surface area contributed by atoms with Gasteiger partial charge in [-0.1, -0.05) is 30.3 Å². The van der Waals surface area contributed by atoms with Crippen molar-refractivity contribution in [2.75, 3.05) is 27.3 Å². The van der Waals surface area contributed by atoms with Gasteiger partial charge in [-0.05, 0) is 59.9 Å². The third kappa shape index (κ3) is 5.37. The second kappa shape index (κ2) is 10.7. The summed E-state index contributed by atoms with van der Waals surface area (Å²) in [4.78, 5) is 14.9. The first kappa shape index (κ1) is 23.7. The summed E-state index contributed by atoms with van der Waals surface area (Å²) in [6.45, 7) is 0.755. The highest BCUT2D eigenvalue weighted by Crippen LogP contribution is 2.39. The number of carbonyl (C=O) groups excluding carboxylic acids is 1. The fourth-order valence-corrected chi connectivity index (χ4v) is 4.46. The van der Waals surface area contributed by atoms with Crippen LogP contribution in [0.2, 0.25) is 0 Å². The molecule has 1 unspecified atom stereocenters. The Kier molecular flexibility index (Phi) is 7.43. The quantitative estimate of drug-likeness (QED) is 0.533. The van der Waals surface area contributed by atoms with Gasteiger partial charge in [-0.2, -0.15) is 0 Å². The molecule has 0 fully saturated rings. The summed E-state index contributed by atoms with van der Waals surface area (Å²) in [6.07, 6.45) is 1.47. The van der Waals surface area contributed by atoms with E-state index in [-0.39, 0.29) is 30.6 Å². The Morgan fingerprint density at radius 1 is 1.03 bits per heavy atom. The van der Waals surface area contributed by atoms with Crippen LogP contribution in [0, 0.1) is 11.6 Å². The van der Waals surface area contributed by atoms with E-state index >= 15 is 0 Å². The molecule has 178 valence electrons. The molecule has 0 radical (unpaired) electrons. The van der Waals surface area contributed by atoms with Crippen LogP contribution in [0.15, 0.2) is 60.7 Å². The topological polar surface area (TPSA) is 50.8 Å². The van der Waals surface area contributed by atoms with Crippen LogP contribution in [-0.4, -0.2) is 38.1 Å². The van der Waals surface area contributed by atoms with E-state index in [1.807, 2.05) is 30.3 Å². The van der Waals surface area contributed by atoms with Crippen molar-refractivity contribution in [2.45, 2.75) is 25.4 Å². The second-order valence-electron chi connectivity index (χ2n) is 8.34. The van der Waals surface area contributed by atoms with Crippen molar-refractivity contribution in [2.24, 2.45) is 0 Å². The molecule has 1 aliphatic heterocycles. The third-order valence-electron chi connectivity index (χ3n) is 6.22. The number of ether oxygens (including phenoxy) is 2. The largest absolute Gasteiger partial charge is 0.493 e. The third-order valence-corrected chi connectivity index (χ3v) is 6.22. The number of halogens is 2. The van der Waals surface area contributed by atoms with Crippen molar-refractivity contribution in [3.8, 4) is 11.5 Å². The van der Waals surface area contributed by atoms with Gasteiger partial charge in [0, 0.05) is 24.7 Å². The molecule has 1 amide bonds. The minimum absolute atomic E-state index is 0.0531. The Labute approximate surface area is 198 Å². The first-order valence-corrected chi connectivity index (χ1v) is 11.2. The molecule has 4 rings (SSSR count). The minimum atomic E-state index is -0.545. The molecule has 3 aromatic carbocycles. The highest BCUT2D eigenvalue weighted by molar-refractivity contribution is 5.78. The Hall–Kier alpha value is -3.45. The summed E-state index contributed by atoms with van der Waals surface area (Å²) in [5.41, 5.74) is 3.53. The van der Waals surface area contributed by atoms with Crippen LogP contribution < -0.4 is 14.8 Å². The lowest BCUT2D eigenvalue weighted by molar-refractivity contribution is -0.123. The zero-order chi connectivity index (χ0) is 24.1. The van der Waals surface area contributed by atoms with Gasteiger partial charge in [0.05, 0.1) is 20.8 Å². The molecule has 3 aromatic rings. The van der Waals surface area contributed by atoms with E-state index in [2.05, 4.69) is 22.3 Å². The molecule has 0 saturated carbocycles.